The van der Waals surface area contributed by atoms with Gasteiger partial charge < -0.3 is 5.73 Å². The molecule has 1 nitrogen and oxygen atoms in total. The Morgan fingerprint density at radius 2 is 2.13 bits per heavy atom. The molecule has 1 unspecified atom stereocenters. The highest BCUT2D eigenvalue weighted by molar-refractivity contribution is 7.10. The molecule has 0 radical (unpaired) electrons. The summed E-state index contributed by atoms with van der Waals surface area (Å²) >= 11 is 1.62. The fourth-order valence-corrected chi connectivity index (χ4v) is 2.25. The first-order chi connectivity index (χ1) is 7.18. The lowest BCUT2D eigenvalue weighted by Crippen LogP contribution is -2.10. The minimum atomic E-state index is -0.183. The van der Waals surface area contributed by atoms with Crippen LogP contribution in [0.2, 0.25) is 0 Å². The van der Waals surface area contributed by atoms with Gasteiger partial charge in [0.15, 0.2) is 0 Å². The fraction of sp³-hybridized carbons (Fsp3) is 0.167. The molecule has 0 aliphatic carbocycles. The van der Waals surface area contributed by atoms with Crippen molar-refractivity contribution in [3.63, 3.8) is 0 Å². The van der Waals surface area contributed by atoms with Crippen LogP contribution in [0.15, 0.2) is 35.7 Å². The highest BCUT2D eigenvalue weighted by Gasteiger charge is 2.10. The molecule has 1 atom stereocenters. The summed E-state index contributed by atoms with van der Waals surface area (Å²) in [5.41, 5.74) is 7.66. The SMILES string of the molecule is Cc1cc(C(N)c2cccs2)ccc1F. The van der Waals surface area contributed by atoms with E-state index in [1.54, 1.807) is 30.4 Å². The van der Waals surface area contributed by atoms with Crippen molar-refractivity contribution >= 4 is 11.3 Å². The number of hydrogen-bond acceptors (Lipinski definition) is 2. The van der Waals surface area contributed by atoms with Gasteiger partial charge in [0, 0.05) is 4.88 Å². The second-order valence-electron chi connectivity index (χ2n) is 3.50. The van der Waals surface area contributed by atoms with Crippen molar-refractivity contribution < 1.29 is 4.39 Å². The molecule has 1 heterocycles. The summed E-state index contributed by atoms with van der Waals surface area (Å²) < 4.78 is 13.1. The van der Waals surface area contributed by atoms with Gasteiger partial charge in [-0.2, -0.15) is 0 Å². The summed E-state index contributed by atoms with van der Waals surface area (Å²) in [6.45, 7) is 1.75. The lowest BCUT2D eigenvalue weighted by Gasteiger charge is -2.10. The van der Waals surface area contributed by atoms with E-state index >= 15 is 0 Å². The summed E-state index contributed by atoms with van der Waals surface area (Å²) in [7, 11) is 0. The van der Waals surface area contributed by atoms with Gasteiger partial charge in [-0.25, -0.2) is 4.39 Å². The molecule has 0 aliphatic rings. The molecule has 0 spiro atoms. The number of hydrogen-bond donors (Lipinski definition) is 1. The normalized spacial score (nSPS) is 12.7. The van der Waals surface area contributed by atoms with E-state index in [9.17, 15) is 4.39 Å². The average Bonchev–Trinajstić information content (AvgIpc) is 2.74. The summed E-state index contributed by atoms with van der Waals surface area (Å²) in [5, 5.41) is 1.99. The number of nitrogens with two attached hydrogens (primary N) is 1. The smallest absolute Gasteiger partial charge is 0.126 e. The molecule has 0 bridgehead atoms. The Bertz CT molecular complexity index is 451. The molecule has 78 valence electrons. The molecule has 0 saturated heterocycles. The maximum atomic E-state index is 13.1. The molecule has 2 rings (SSSR count). The molecule has 0 aliphatic heterocycles. The first kappa shape index (κ1) is 10.3. The zero-order valence-corrected chi connectivity index (χ0v) is 9.22. The van der Waals surface area contributed by atoms with Gasteiger partial charge >= 0.3 is 0 Å². The van der Waals surface area contributed by atoms with Crippen LogP contribution < -0.4 is 5.73 Å². The van der Waals surface area contributed by atoms with Gasteiger partial charge in [0.05, 0.1) is 6.04 Å². The Morgan fingerprint density at radius 1 is 1.33 bits per heavy atom. The predicted molar refractivity (Wildman–Crippen MR) is 61.5 cm³/mol. The van der Waals surface area contributed by atoms with E-state index in [2.05, 4.69) is 0 Å². The molecule has 0 amide bonds. The Labute approximate surface area is 92.4 Å². The van der Waals surface area contributed by atoms with Crippen molar-refractivity contribution in [2.24, 2.45) is 5.73 Å². The van der Waals surface area contributed by atoms with Gasteiger partial charge in [0.25, 0.3) is 0 Å². The maximum absolute atomic E-state index is 13.1. The van der Waals surface area contributed by atoms with Crippen molar-refractivity contribution in [2.45, 2.75) is 13.0 Å². The highest BCUT2D eigenvalue weighted by atomic mass is 32.1. The average molecular weight is 221 g/mol. The van der Waals surface area contributed by atoms with Gasteiger partial charge in [0.1, 0.15) is 5.82 Å². The van der Waals surface area contributed by atoms with Crippen LogP contribution in [0, 0.1) is 12.7 Å². The molecule has 2 N–H and O–H groups in total. The number of aryl methyl sites for hydroxylation is 1. The summed E-state index contributed by atoms with van der Waals surface area (Å²) in [6.07, 6.45) is 0. The topological polar surface area (TPSA) is 26.0 Å². The Morgan fingerprint density at radius 3 is 2.73 bits per heavy atom. The monoisotopic (exact) mass is 221 g/mol. The maximum Gasteiger partial charge on any atom is 0.126 e. The van der Waals surface area contributed by atoms with Crippen molar-refractivity contribution in [2.75, 3.05) is 0 Å². The Kier molecular flexibility index (Phi) is 2.84. The summed E-state index contributed by atoms with van der Waals surface area (Å²) in [4.78, 5) is 1.10. The molecule has 1 aromatic carbocycles. The van der Waals surface area contributed by atoms with Gasteiger partial charge in [-0.1, -0.05) is 18.2 Å². The molecular weight excluding hydrogens is 209 g/mol. The van der Waals surface area contributed by atoms with Crippen LogP contribution >= 0.6 is 11.3 Å². The minimum Gasteiger partial charge on any atom is -0.320 e. The predicted octanol–water partition coefficient (Wildman–Crippen LogP) is 3.24. The highest BCUT2D eigenvalue weighted by Crippen LogP contribution is 2.24. The largest absolute Gasteiger partial charge is 0.320 e. The van der Waals surface area contributed by atoms with Gasteiger partial charge in [0.2, 0.25) is 0 Å². The van der Waals surface area contributed by atoms with Gasteiger partial charge in [-0.3, -0.25) is 0 Å². The van der Waals surface area contributed by atoms with Crippen LogP contribution in [0.4, 0.5) is 4.39 Å². The second kappa shape index (κ2) is 4.13. The standard InChI is InChI=1S/C12H12FNS/c1-8-7-9(4-5-10(8)13)12(14)11-3-2-6-15-11/h2-7,12H,14H2,1H3. The molecule has 15 heavy (non-hydrogen) atoms. The van der Waals surface area contributed by atoms with Crippen molar-refractivity contribution in [1.29, 1.82) is 0 Å². The molecular formula is C12H12FNS. The van der Waals surface area contributed by atoms with E-state index < -0.39 is 0 Å². The van der Waals surface area contributed by atoms with E-state index in [1.165, 1.54) is 6.07 Å². The van der Waals surface area contributed by atoms with Gasteiger partial charge in [-0.15, -0.1) is 11.3 Å². The zero-order valence-electron chi connectivity index (χ0n) is 8.41. The van der Waals surface area contributed by atoms with E-state index in [4.69, 9.17) is 5.73 Å². The molecule has 2 aromatic rings. The molecule has 0 saturated carbocycles. The fourth-order valence-electron chi connectivity index (χ4n) is 1.49. The Hall–Kier alpha value is -1.19. The third-order valence-electron chi connectivity index (χ3n) is 2.39. The third kappa shape index (κ3) is 2.08. The van der Waals surface area contributed by atoms with Crippen LogP contribution in [0.1, 0.15) is 22.0 Å². The van der Waals surface area contributed by atoms with E-state index in [1.807, 2.05) is 17.5 Å². The lowest BCUT2D eigenvalue weighted by molar-refractivity contribution is 0.617. The number of benzene rings is 1. The van der Waals surface area contributed by atoms with Crippen LogP contribution in [-0.4, -0.2) is 0 Å². The molecule has 3 heteroatoms. The first-order valence-electron chi connectivity index (χ1n) is 4.73. The number of halogens is 1. The third-order valence-corrected chi connectivity index (χ3v) is 3.35. The van der Waals surface area contributed by atoms with Crippen molar-refractivity contribution in [3.05, 3.63) is 57.5 Å². The molecule has 1 aromatic heterocycles. The van der Waals surface area contributed by atoms with E-state index in [0.29, 0.717) is 5.56 Å². The summed E-state index contributed by atoms with van der Waals surface area (Å²) in [6, 6.07) is 8.83. The minimum absolute atomic E-state index is 0.149. The number of rotatable bonds is 2. The van der Waals surface area contributed by atoms with Crippen LogP contribution in [0.3, 0.4) is 0 Å². The summed E-state index contributed by atoms with van der Waals surface area (Å²) in [5.74, 6) is -0.183. The van der Waals surface area contributed by atoms with Crippen molar-refractivity contribution in [1.82, 2.24) is 0 Å². The quantitative estimate of drug-likeness (QED) is 0.827. The van der Waals surface area contributed by atoms with Crippen LogP contribution in [-0.2, 0) is 0 Å². The van der Waals surface area contributed by atoms with E-state index in [0.717, 1.165) is 10.4 Å². The zero-order chi connectivity index (χ0) is 10.8. The van der Waals surface area contributed by atoms with Crippen LogP contribution in [0.5, 0.6) is 0 Å². The second-order valence-corrected chi connectivity index (χ2v) is 4.48. The lowest BCUT2D eigenvalue weighted by atomic mass is 10.0. The van der Waals surface area contributed by atoms with Crippen molar-refractivity contribution in [3.8, 4) is 0 Å². The molecule has 0 fully saturated rings. The Balaban J connectivity index is 2.34. The first-order valence-corrected chi connectivity index (χ1v) is 5.61. The number of thiophene rings is 1. The van der Waals surface area contributed by atoms with Crippen LogP contribution in [0.25, 0.3) is 0 Å². The van der Waals surface area contributed by atoms with E-state index in [-0.39, 0.29) is 11.9 Å². The van der Waals surface area contributed by atoms with Gasteiger partial charge in [-0.05, 0) is 35.6 Å².